The molecule has 1 aromatic rings. The topological polar surface area (TPSA) is 32.3 Å². The highest BCUT2D eigenvalue weighted by molar-refractivity contribution is 5.95. The minimum Gasteiger partial charge on any atom is -0.385 e. The molecular formula is C17H24N2O. The van der Waals surface area contributed by atoms with Crippen molar-refractivity contribution in [1.82, 2.24) is 4.90 Å². The van der Waals surface area contributed by atoms with Crippen LogP contribution >= 0.6 is 0 Å². The fourth-order valence-corrected chi connectivity index (χ4v) is 3.45. The minimum atomic E-state index is 0.219. The summed E-state index contributed by atoms with van der Waals surface area (Å²) in [5.41, 5.74) is 3.37. The van der Waals surface area contributed by atoms with E-state index in [-0.39, 0.29) is 5.91 Å². The van der Waals surface area contributed by atoms with E-state index >= 15 is 0 Å². The average molecular weight is 272 g/mol. The van der Waals surface area contributed by atoms with Crippen molar-refractivity contribution in [3.8, 4) is 0 Å². The fourth-order valence-electron chi connectivity index (χ4n) is 3.45. The van der Waals surface area contributed by atoms with Gasteiger partial charge < -0.3 is 10.2 Å². The Morgan fingerprint density at radius 3 is 3.20 bits per heavy atom. The van der Waals surface area contributed by atoms with Crippen molar-refractivity contribution in [3.05, 3.63) is 29.3 Å². The van der Waals surface area contributed by atoms with E-state index in [9.17, 15) is 4.79 Å². The summed E-state index contributed by atoms with van der Waals surface area (Å²) in [7, 11) is 0. The third-order valence-electron chi connectivity index (χ3n) is 4.56. The number of fused-ring (bicyclic) bond motifs is 1. The van der Waals surface area contributed by atoms with Gasteiger partial charge in [-0.1, -0.05) is 13.3 Å². The molecule has 108 valence electrons. The number of anilines is 1. The quantitative estimate of drug-likeness (QED) is 0.915. The minimum absolute atomic E-state index is 0.219. The lowest BCUT2D eigenvalue weighted by Crippen LogP contribution is -2.29. The van der Waals surface area contributed by atoms with Crippen molar-refractivity contribution in [2.75, 3.05) is 25.0 Å². The molecule has 2 heterocycles. The highest BCUT2D eigenvalue weighted by Gasteiger charge is 2.26. The average Bonchev–Trinajstić information content (AvgIpc) is 2.95. The SMILES string of the molecule is CCCC1CCN(C(=O)c2ccc3c(c2)CCCN3)C1. The third-order valence-corrected chi connectivity index (χ3v) is 4.56. The van der Waals surface area contributed by atoms with Crippen LogP contribution in [0.2, 0.25) is 0 Å². The molecule has 0 radical (unpaired) electrons. The van der Waals surface area contributed by atoms with Crippen LogP contribution in [0, 0.1) is 5.92 Å². The van der Waals surface area contributed by atoms with Gasteiger partial charge in [0.2, 0.25) is 0 Å². The molecule has 1 aromatic carbocycles. The van der Waals surface area contributed by atoms with Crippen molar-refractivity contribution in [2.24, 2.45) is 5.92 Å². The molecule has 2 aliphatic rings. The summed E-state index contributed by atoms with van der Waals surface area (Å²) in [6.07, 6.45) is 5.88. The lowest BCUT2D eigenvalue weighted by molar-refractivity contribution is 0.0786. The Morgan fingerprint density at radius 1 is 1.45 bits per heavy atom. The zero-order valence-corrected chi connectivity index (χ0v) is 12.3. The fraction of sp³-hybridized carbons (Fsp3) is 0.588. The predicted octanol–water partition coefficient (Wildman–Crippen LogP) is 3.31. The van der Waals surface area contributed by atoms with Crippen molar-refractivity contribution >= 4 is 11.6 Å². The molecule has 0 bridgehead atoms. The first-order valence-electron chi connectivity index (χ1n) is 7.94. The molecule has 0 spiro atoms. The zero-order valence-electron chi connectivity index (χ0n) is 12.3. The summed E-state index contributed by atoms with van der Waals surface area (Å²) >= 11 is 0. The molecule has 3 nitrogen and oxygen atoms in total. The second kappa shape index (κ2) is 5.86. The van der Waals surface area contributed by atoms with Crippen molar-refractivity contribution < 1.29 is 4.79 Å². The van der Waals surface area contributed by atoms with Crippen LogP contribution in [0.4, 0.5) is 5.69 Å². The monoisotopic (exact) mass is 272 g/mol. The molecule has 20 heavy (non-hydrogen) atoms. The maximum atomic E-state index is 12.6. The number of amides is 1. The van der Waals surface area contributed by atoms with Gasteiger partial charge in [-0.15, -0.1) is 0 Å². The molecule has 1 amide bonds. The van der Waals surface area contributed by atoms with Crippen LogP contribution in [-0.2, 0) is 6.42 Å². The Morgan fingerprint density at radius 2 is 2.35 bits per heavy atom. The summed E-state index contributed by atoms with van der Waals surface area (Å²) in [5.74, 6) is 0.931. The van der Waals surface area contributed by atoms with Gasteiger partial charge in [0.25, 0.3) is 5.91 Å². The van der Waals surface area contributed by atoms with Crippen LogP contribution in [0.5, 0.6) is 0 Å². The van der Waals surface area contributed by atoms with E-state index in [1.54, 1.807) is 0 Å². The molecule has 1 atom stereocenters. The Balaban J connectivity index is 1.71. The van der Waals surface area contributed by atoms with E-state index < -0.39 is 0 Å². The Kier molecular flexibility index (Phi) is 3.95. The van der Waals surface area contributed by atoms with Gasteiger partial charge in [0, 0.05) is 30.9 Å². The van der Waals surface area contributed by atoms with Gasteiger partial charge in [-0.2, -0.15) is 0 Å². The molecule has 2 aliphatic heterocycles. The Labute approximate surface area is 121 Å². The normalized spacial score (nSPS) is 21.4. The highest BCUT2D eigenvalue weighted by Crippen LogP contribution is 2.26. The lowest BCUT2D eigenvalue weighted by atomic mass is 10.0. The summed E-state index contributed by atoms with van der Waals surface area (Å²) in [5, 5.41) is 3.40. The number of benzene rings is 1. The number of hydrogen-bond acceptors (Lipinski definition) is 2. The first kappa shape index (κ1) is 13.5. The van der Waals surface area contributed by atoms with E-state index in [0.29, 0.717) is 5.92 Å². The number of nitrogens with one attached hydrogen (secondary N) is 1. The van der Waals surface area contributed by atoms with Gasteiger partial charge in [0.1, 0.15) is 0 Å². The van der Waals surface area contributed by atoms with Crippen molar-refractivity contribution in [2.45, 2.75) is 39.0 Å². The maximum Gasteiger partial charge on any atom is 0.253 e. The first-order chi connectivity index (χ1) is 9.78. The van der Waals surface area contributed by atoms with E-state index in [1.165, 1.54) is 30.5 Å². The van der Waals surface area contributed by atoms with Crippen LogP contribution < -0.4 is 5.32 Å². The number of rotatable bonds is 3. The summed E-state index contributed by atoms with van der Waals surface area (Å²) in [6, 6.07) is 6.14. The highest BCUT2D eigenvalue weighted by atomic mass is 16.2. The smallest absolute Gasteiger partial charge is 0.253 e. The second-order valence-corrected chi connectivity index (χ2v) is 6.10. The number of likely N-dealkylation sites (tertiary alicyclic amines) is 1. The lowest BCUT2D eigenvalue weighted by Gasteiger charge is -2.21. The number of aryl methyl sites for hydroxylation is 1. The van der Waals surface area contributed by atoms with Crippen molar-refractivity contribution in [1.29, 1.82) is 0 Å². The first-order valence-corrected chi connectivity index (χ1v) is 7.94. The molecular weight excluding hydrogens is 248 g/mol. The predicted molar refractivity (Wildman–Crippen MR) is 82.2 cm³/mol. The number of hydrogen-bond donors (Lipinski definition) is 1. The number of nitrogens with zero attached hydrogens (tertiary/aromatic N) is 1. The number of carbonyl (C=O) groups excluding carboxylic acids is 1. The summed E-state index contributed by atoms with van der Waals surface area (Å²) in [6.45, 7) is 5.15. The van der Waals surface area contributed by atoms with E-state index in [1.807, 2.05) is 11.0 Å². The van der Waals surface area contributed by atoms with Crippen LogP contribution in [0.1, 0.15) is 48.5 Å². The Hall–Kier alpha value is -1.51. The van der Waals surface area contributed by atoms with Gasteiger partial charge in [-0.05, 0) is 55.4 Å². The molecule has 0 aromatic heterocycles. The van der Waals surface area contributed by atoms with E-state index in [4.69, 9.17) is 0 Å². The van der Waals surface area contributed by atoms with Gasteiger partial charge >= 0.3 is 0 Å². The van der Waals surface area contributed by atoms with Crippen LogP contribution in [0.25, 0.3) is 0 Å². The third kappa shape index (κ3) is 2.67. The van der Waals surface area contributed by atoms with E-state index in [2.05, 4.69) is 24.4 Å². The van der Waals surface area contributed by atoms with Crippen LogP contribution in [-0.4, -0.2) is 30.4 Å². The molecule has 3 rings (SSSR count). The maximum absolute atomic E-state index is 12.6. The van der Waals surface area contributed by atoms with Gasteiger partial charge in [-0.3, -0.25) is 4.79 Å². The molecule has 1 N–H and O–H groups in total. The van der Waals surface area contributed by atoms with Gasteiger partial charge in [0.15, 0.2) is 0 Å². The Bertz CT molecular complexity index is 498. The summed E-state index contributed by atoms with van der Waals surface area (Å²) < 4.78 is 0. The molecule has 1 saturated heterocycles. The molecule has 3 heteroatoms. The molecule has 0 aliphatic carbocycles. The second-order valence-electron chi connectivity index (χ2n) is 6.10. The van der Waals surface area contributed by atoms with Gasteiger partial charge in [0.05, 0.1) is 0 Å². The largest absolute Gasteiger partial charge is 0.385 e. The van der Waals surface area contributed by atoms with E-state index in [0.717, 1.165) is 38.0 Å². The summed E-state index contributed by atoms with van der Waals surface area (Å²) in [4.78, 5) is 14.6. The molecule has 1 unspecified atom stereocenters. The standard InChI is InChI=1S/C17H24N2O/c1-2-4-13-8-10-19(12-13)17(20)15-6-7-16-14(11-15)5-3-9-18-16/h6-7,11,13,18H,2-5,8-10,12H2,1H3. The molecule has 1 fully saturated rings. The zero-order chi connectivity index (χ0) is 13.9. The van der Waals surface area contributed by atoms with Gasteiger partial charge in [-0.25, -0.2) is 0 Å². The van der Waals surface area contributed by atoms with Crippen LogP contribution in [0.15, 0.2) is 18.2 Å². The molecule has 0 saturated carbocycles. The van der Waals surface area contributed by atoms with Crippen LogP contribution in [0.3, 0.4) is 0 Å². The van der Waals surface area contributed by atoms with Crippen molar-refractivity contribution in [3.63, 3.8) is 0 Å². The number of carbonyl (C=O) groups is 1.